The van der Waals surface area contributed by atoms with Crippen molar-refractivity contribution in [2.24, 2.45) is 0 Å². The van der Waals surface area contributed by atoms with Gasteiger partial charge >= 0.3 is 5.97 Å². The molecule has 0 unspecified atom stereocenters. The largest absolute Gasteiger partial charge is 0.456 e. The third-order valence-corrected chi connectivity index (χ3v) is 4.99. The molecule has 1 aliphatic rings. The summed E-state index contributed by atoms with van der Waals surface area (Å²) < 4.78 is 31.8. The molecule has 0 saturated heterocycles. The van der Waals surface area contributed by atoms with E-state index in [9.17, 15) is 23.2 Å². The number of anilines is 2. The van der Waals surface area contributed by atoms with Crippen molar-refractivity contribution >= 4 is 40.9 Å². The first-order chi connectivity index (χ1) is 13.5. The highest BCUT2D eigenvalue weighted by Gasteiger charge is 2.25. The zero-order valence-electron chi connectivity index (χ0n) is 14.6. The van der Waals surface area contributed by atoms with Crippen LogP contribution in [0.15, 0.2) is 47.4 Å². The van der Waals surface area contributed by atoms with E-state index in [1.807, 2.05) is 17.4 Å². The Morgan fingerprint density at radius 1 is 1.11 bits per heavy atom. The molecule has 1 N–H and O–H groups in total. The van der Waals surface area contributed by atoms with Crippen LogP contribution in [0.3, 0.4) is 0 Å². The second-order valence-electron chi connectivity index (χ2n) is 5.86. The van der Waals surface area contributed by atoms with Crippen molar-refractivity contribution in [1.29, 1.82) is 0 Å². The Morgan fingerprint density at radius 2 is 1.82 bits per heavy atom. The third-order valence-electron chi connectivity index (χ3n) is 3.94. The molecule has 28 heavy (non-hydrogen) atoms. The fraction of sp³-hybridized carbons (Fsp3) is 0.211. The lowest BCUT2D eigenvalue weighted by molar-refractivity contribution is -0.147. The van der Waals surface area contributed by atoms with Crippen molar-refractivity contribution in [3.05, 3.63) is 54.1 Å². The van der Waals surface area contributed by atoms with Crippen LogP contribution >= 0.6 is 11.8 Å². The average Bonchev–Trinajstić information content (AvgIpc) is 2.68. The molecule has 3 rings (SSSR count). The Hall–Kier alpha value is -2.94. The molecular weight excluding hydrogens is 390 g/mol. The number of para-hydroxylation sites is 2. The normalized spacial score (nSPS) is 13.1. The minimum absolute atomic E-state index is 0.110. The number of hydrogen-bond donors (Lipinski definition) is 1. The van der Waals surface area contributed by atoms with Gasteiger partial charge in [0.2, 0.25) is 5.91 Å². The van der Waals surface area contributed by atoms with Crippen LogP contribution in [0, 0.1) is 11.6 Å². The molecule has 2 amide bonds. The number of rotatable bonds is 6. The predicted molar refractivity (Wildman–Crippen MR) is 100 cm³/mol. The lowest BCUT2D eigenvalue weighted by atomic mass is 10.2. The Labute approximate surface area is 163 Å². The minimum atomic E-state index is -0.931. The van der Waals surface area contributed by atoms with E-state index < -0.39 is 35.8 Å². The van der Waals surface area contributed by atoms with E-state index in [2.05, 4.69) is 0 Å². The maximum atomic E-state index is 13.5. The van der Waals surface area contributed by atoms with Gasteiger partial charge in [-0.05, 0) is 24.3 Å². The molecule has 0 saturated carbocycles. The lowest BCUT2D eigenvalue weighted by Crippen LogP contribution is -2.37. The molecule has 6 nitrogen and oxygen atoms in total. The first-order valence-corrected chi connectivity index (χ1v) is 9.36. The standard InChI is InChI=1S/C19H16F2N2O4S/c20-12-4-3-5-13(21)19(12)22-16(24)10-27-18(26)8-9-23-14-6-1-2-7-15(14)28-11-17(23)25/h1-7H,8-11H2,(H,22,24). The highest BCUT2D eigenvalue weighted by Crippen LogP contribution is 2.34. The van der Waals surface area contributed by atoms with Gasteiger partial charge in [-0.25, -0.2) is 8.78 Å². The van der Waals surface area contributed by atoms with E-state index in [-0.39, 0.29) is 24.6 Å². The highest BCUT2D eigenvalue weighted by molar-refractivity contribution is 8.00. The fourth-order valence-electron chi connectivity index (χ4n) is 2.61. The molecule has 1 aliphatic heterocycles. The number of benzene rings is 2. The second-order valence-corrected chi connectivity index (χ2v) is 6.87. The molecule has 0 radical (unpaired) electrons. The summed E-state index contributed by atoms with van der Waals surface area (Å²) in [7, 11) is 0. The first kappa shape index (κ1) is 19.8. The van der Waals surface area contributed by atoms with Crippen LogP contribution in [0.1, 0.15) is 6.42 Å². The van der Waals surface area contributed by atoms with E-state index in [4.69, 9.17) is 4.74 Å². The van der Waals surface area contributed by atoms with Crippen LogP contribution in [-0.4, -0.2) is 36.7 Å². The van der Waals surface area contributed by atoms with Crippen molar-refractivity contribution < 1.29 is 27.9 Å². The molecule has 1 heterocycles. The monoisotopic (exact) mass is 406 g/mol. The number of nitrogens with zero attached hydrogens (tertiary/aromatic N) is 1. The van der Waals surface area contributed by atoms with Crippen molar-refractivity contribution in [2.45, 2.75) is 11.3 Å². The Balaban J connectivity index is 1.50. The molecule has 2 aromatic carbocycles. The quantitative estimate of drug-likeness (QED) is 0.747. The number of nitrogens with one attached hydrogen (secondary N) is 1. The zero-order valence-corrected chi connectivity index (χ0v) is 15.4. The number of fused-ring (bicyclic) bond motifs is 1. The summed E-state index contributed by atoms with van der Waals surface area (Å²) in [5.41, 5.74) is 0.126. The number of carbonyl (C=O) groups excluding carboxylic acids is 3. The predicted octanol–water partition coefficient (Wildman–Crippen LogP) is 2.98. The molecule has 0 atom stereocenters. The molecule has 146 valence electrons. The van der Waals surface area contributed by atoms with Gasteiger partial charge in [-0.3, -0.25) is 14.4 Å². The van der Waals surface area contributed by atoms with E-state index in [0.717, 1.165) is 22.7 Å². The maximum absolute atomic E-state index is 13.5. The van der Waals surface area contributed by atoms with Gasteiger partial charge in [-0.15, -0.1) is 11.8 Å². The van der Waals surface area contributed by atoms with Crippen LogP contribution in [-0.2, 0) is 19.1 Å². The Morgan fingerprint density at radius 3 is 2.57 bits per heavy atom. The molecule has 9 heteroatoms. The summed E-state index contributed by atoms with van der Waals surface area (Å²) in [6.07, 6.45) is -0.119. The van der Waals surface area contributed by atoms with E-state index in [0.29, 0.717) is 0 Å². The summed E-state index contributed by atoms with van der Waals surface area (Å²) in [6, 6.07) is 10.5. The number of esters is 1. The second kappa shape index (κ2) is 8.83. The van der Waals surface area contributed by atoms with Crippen molar-refractivity contribution in [3.63, 3.8) is 0 Å². The summed E-state index contributed by atoms with van der Waals surface area (Å²) >= 11 is 1.43. The Kier molecular flexibility index (Phi) is 6.25. The topological polar surface area (TPSA) is 75.7 Å². The van der Waals surface area contributed by atoms with Gasteiger partial charge in [0.15, 0.2) is 6.61 Å². The summed E-state index contributed by atoms with van der Waals surface area (Å²) in [5, 5.41) is 2.03. The summed E-state index contributed by atoms with van der Waals surface area (Å²) in [4.78, 5) is 38.2. The molecular formula is C19H16F2N2O4S. The van der Waals surface area contributed by atoms with Gasteiger partial charge in [-0.2, -0.15) is 0 Å². The van der Waals surface area contributed by atoms with Crippen LogP contribution in [0.5, 0.6) is 0 Å². The van der Waals surface area contributed by atoms with E-state index >= 15 is 0 Å². The molecule has 0 spiro atoms. The van der Waals surface area contributed by atoms with Crippen LogP contribution in [0.4, 0.5) is 20.2 Å². The molecule has 0 bridgehead atoms. The van der Waals surface area contributed by atoms with Gasteiger partial charge in [0, 0.05) is 11.4 Å². The number of halogens is 2. The van der Waals surface area contributed by atoms with Crippen LogP contribution in [0.2, 0.25) is 0 Å². The number of hydrogen-bond acceptors (Lipinski definition) is 5. The highest BCUT2D eigenvalue weighted by atomic mass is 32.2. The first-order valence-electron chi connectivity index (χ1n) is 8.37. The van der Waals surface area contributed by atoms with Crippen LogP contribution < -0.4 is 10.2 Å². The molecule has 0 aromatic heterocycles. The van der Waals surface area contributed by atoms with E-state index in [1.54, 1.807) is 12.1 Å². The summed E-state index contributed by atoms with van der Waals surface area (Å²) in [6.45, 7) is -0.578. The van der Waals surface area contributed by atoms with Crippen LogP contribution in [0.25, 0.3) is 0 Å². The van der Waals surface area contributed by atoms with Crippen molar-refractivity contribution in [2.75, 3.05) is 29.1 Å². The van der Waals surface area contributed by atoms with Gasteiger partial charge in [-0.1, -0.05) is 18.2 Å². The van der Waals surface area contributed by atoms with Crippen molar-refractivity contribution in [3.8, 4) is 0 Å². The zero-order chi connectivity index (χ0) is 20.1. The summed E-state index contributed by atoms with van der Waals surface area (Å²) in [5.74, 6) is -3.27. The van der Waals surface area contributed by atoms with Gasteiger partial charge in [0.1, 0.15) is 17.3 Å². The number of thioether (sulfide) groups is 1. The minimum Gasteiger partial charge on any atom is -0.456 e. The molecule has 2 aromatic rings. The smallest absolute Gasteiger partial charge is 0.308 e. The van der Waals surface area contributed by atoms with Gasteiger partial charge < -0.3 is 15.0 Å². The molecule has 0 aliphatic carbocycles. The molecule has 0 fully saturated rings. The number of amides is 2. The Bertz CT molecular complexity index is 902. The fourth-order valence-corrected chi connectivity index (χ4v) is 3.55. The third kappa shape index (κ3) is 4.66. The van der Waals surface area contributed by atoms with Crippen molar-refractivity contribution in [1.82, 2.24) is 0 Å². The van der Waals surface area contributed by atoms with Gasteiger partial charge in [0.25, 0.3) is 5.91 Å². The SMILES string of the molecule is O=C(COC(=O)CCN1C(=O)CSc2ccccc21)Nc1c(F)cccc1F. The number of carbonyl (C=O) groups is 3. The van der Waals surface area contributed by atoms with E-state index in [1.165, 1.54) is 22.7 Å². The maximum Gasteiger partial charge on any atom is 0.308 e. The lowest BCUT2D eigenvalue weighted by Gasteiger charge is -2.28. The average molecular weight is 406 g/mol. The van der Waals surface area contributed by atoms with Gasteiger partial charge in [0.05, 0.1) is 17.9 Å². The number of ether oxygens (including phenoxy) is 1.